The lowest BCUT2D eigenvalue weighted by Crippen LogP contribution is -2.15. The second kappa shape index (κ2) is 7.38. The van der Waals surface area contributed by atoms with Crippen LogP contribution in [0.3, 0.4) is 0 Å². The Morgan fingerprint density at radius 2 is 2.08 bits per heavy atom. The van der Waals surface area contributed by atoms with Crippen molar-refractivity contribution in [3.8, 4) is 11.8 Å². The molecule has 1 atom stereocenters. The minimum absolute atomic E-state index is 0.0206. The molecule has 1 N–H and O–H groups in total. The summed E-state index contributed by atoms with van der Waals surface area (Å²) in [6, 6.07) is 1.84. The lowest BCUT2D eigenvalue weighted by atomic mass is 9.90. The molecule has 0 amide bonds. The summed E-state index contributed by atoms with van der Waals surface area (Å²) in [5.74, 6) is 7.02. The van der Waals surface area contributed by atoms with Crippen molar-refractivity contribution in [2.24, 2.45) is 5.92 Å². The number of carbonyl (C=O) groups is 1. The standard InChI is InChI=1S/C20H22N2O3/c23-13-15-11-18-17(12-21-22-18)20(19-3-1-2-8-25-19)16(15)5-4-14-6-9-24-10-7-14/h11-14,19H,1-3,6-10H2,(H,21,22). The van der Waals surface area contributed by atoms with Gasteiger partial charge in [-0.25, -0.2) is 0 Å². The number of nitrogens with zero attached hydrogens (tertiary/aromatic N) is 1. The van der Waals surface area contributed by atoms with Crippen LogP contribution in [0.25, 0.3) is 10.9 Å². The number of nitrogens with one attached hydrogen (secondary N) is 1. The minimum Gasteiger partial charge on any atom is -0.381 e. The van der Waals surface area contributed by atoms with Gasteiger partial charge in [0.1, 0.15) is 0 Å². The Labute approximate surface area is 147 Å². The minimum atomic E-state index is -0.0206. The van der Waals surface area contributed by atoms with Crippen LogP contribution in [-0.4, -0.2) is 36.3 Å². The molecule has 2 saturated heterocycles. The van der Waals surface area contributed by atoms with Gasteiger partial charge < -0.3 is 9.47 Å². The molecule has 2 fully saturated rings. The van der Waals surface area contributed by atoms with E-state index in [1.54, 1.807) is 0 Å². The first-order chi connectivity index (χ1) is 12.4. The highest BCUT2D eigenvalue weighted by atomic mass is 16.5. The van der Waals surface area contributed by atoms with Crippen LogP contribution in [-0.2, 0) is 9.47 Å². The third-order valence-corrected chi connectivity index (χ3v) is 5.07. The Morgan fingerprint density at radius 1 is 1.20 bits per heavy atom. The maximum absolute atomic E-state index is 11.7. The molecule has 0 spiro atoms. The van der Waals surface area contributed by atoms with Crippen molar-refractivity contribution in [3.63, 3.8) is 0 Å². The lowest BCUT2D eigenvalue weighted by Gasteiger charge is -2.25. The normalized spacial score (nSPS) is 21.7. The van der Waals surface area contributed by atoms with Crippen LogP contribution >= 0.6 is 0 Å². The third-order valence-electron chi connectivity index (χ3n) is 5.07. The summed E-state index contributed by atoms with van der Waals surface area (Å²) in [5.41, 5.74) is 3.30. The number of ether oxygens (including phenoxy) is 2. The fourth-order valence-corrected chi connectivity index (χ4v) is 3.69. The SMILES string of the molecule is O=Cc1cc2[nH]ncc2c(C2CCCCO2)c1C#CC1CCOCC1. The Balaban J connectivity index is 1.82. The van der Waals surface area contributed by atoms with Crippen LogP contribution in [0.1, 0.15) is 59.7 Å². The highest BCUT2D eigenvalue weighted by molar-refractivity contribution is 5.93. The molecule has 0 radical (unpaired) electrons. The van der Waals surface area contributed by atoms with Gasteiger partial charge in [-0.2, -0.15) is 5.10 Å². The van der Waals surface area contributed by atoms with Gasteiger partial charge in [0.25, 0.3) is 0 Å². The zero-order chi connectivity index (χ0) is 17.1. The van der Waals surface area contributed by atoms with E-state index >= 15 is 0 Å². The molecule has 0 bridgehead atoms. The van der Waals surface area contributed by atoms with Crippen molar-refractivity contribution < 1.29 is 14.3 Å². The Morgan fingerprint density at radius 3 is 2.84 bits per heavy atom. The molecule has 130 valence electrons. The molecule has 1 unspecified atom stereocenters. The molecule has 5 nitrogen and oxygen atoms in total. The molecule has 4 rings (SSSR count). The number of carbonyl (C=O) groups excluding carboxylic acids is 1. The van der Waals surface area contributed by atoms with Crippen molar-refractivity contribution in [1.29, 1.82) is 0 Å². The Bertz CT molecular complexity index is 819. The van der Waals surface area contributed by atoms with Crippen LogP contribution in [0.4, 0.5) is 0 Å². The molecule has 1 aromatic heterocycles. The number of rotatable bonds is 2. The van der Waals surface area contributed by atoms with Crippen LogP contribution in [0.2, 0.25) is 0 Å². The van der Waals surface area contributed by atoms with E-state index in [0.29, 0.717) is 11.5 Å². The first kappa shape index (κ1) is 16.3. The van der Waals surface area contributed by atoms with Crippen LogP contribution < -0.4 is 0 Å². The highest BCUT2D eigenvalue weighted by Gasteiger charge is 2.24. The van der Waals surface area contributed by atoms with Gasteiger partial charge in [-0.05, 0) is 38.2 Å². The van der Waals surface area contributed by atoms with E-state index in [1.807, 2.05) is 12.3 Å². The van der Waals surface area contributed by atoms with Gasteiger partial charge in [0.15, 0.2) is 6.29 Å². The zero-order valence-corrected chi connectivity index (χ0v) is 14.2. The molecule has 1 aromatic carbocycles. The molecule has 2 aliphatic heterocycles. The van der Waals surface area contributed by atoms with Gasteiger partial charge in [0.2, 0.25) is 0 Å². The quantitative estimate of drug-likeness (QED) is 0.673. The van der Waals surface area contributed by atoms with Gasteiger partial charge >= 0.3 is 0 Å². The maximum Gasteiger partial charge on any atom is 0.151 e. The molecule has 25 heavy (non-hydrogen) atoms. The molecule has 2 aromatic rings. The smallest absolute Gasteiger partial charge is 0.151 e. The summed E-state index contributed by atoms with van der Waals surface area (Å²) >= 11 is 0. The largest absolute Gasteiger partial charge is 0.381 e. The topological polar surface area (TPSA) is 64.2 Å². The van der Waals surface area contributed by atoms with Crippen LogP contribution in [0.15, 0.2) is 12.3 Å². The average molecular weight is 338 g/mol. The molecule has 5 heteroatoms. The molecule has 0 saturated carbocycles. The zero-order valence-electron chi connectivity index (χ0n) is 14.2. The summed E-state index contributed by atoms with van der Waals surface area (Å²) in [6.07, 6.45) is 7.75. The fraction of sp³-hybridized carbons (Fsp3) is 0.500. The summed E-state index contributed by atoms with van der Waals surface area (Å²) < 4.78 is 11.4. The molecule has 3 heterocycles. The summed E-state index contributed by atoms with van der Waals surface area (Å²) in [4.78, 5) is 11.7. The number of fused-ring (bicyclic) bond motifs is 1. The second-order valence-electron chi connectivity index (χ2n) is 6.71. The van der Waals surface area contributed by atoms with Crippen LogP contribution in [0, 0.1) is 17.8 Å². The number of benzene rings is 1. The maximum atomic E-state index is 11.7. The fourth-order valence-electron chi connectivity index (χ4n) is 3.69. The predicted molar refractivity (Wildman–Crippen MR) is 94.4 cm³/mol. The Kier molecular flexibility index (Phi) is 4.82. The van der Waals surface area contributed by atoms with Crippen molar-refractivity contribution in [2.75, 3.05) is 19.8 Å². The Hall–Kier alpha value is -2.16. The van der Waals surface area contributed by atoms with Crippen molar-refractivity contribution in [2.45, 2.75) is 38.2 Å². The molecule has 2 aliphatic rings. The monoisotopic (exact) mass is 338 g/mol. The van der Waals surface area contributed by atoms with Gasteiger partial charge in [0, 0.05) is 47.8 Å². The van der Waals surface area contributed by atoms with Gasteiger partial charge in [-0.3, -0.25) is 9.89 Å². The van der Waals surface area contributed by atoms with Crippen molar-refractivity contribution in [3.05, 3.63) is 29.0 Å². The van der Waals surface area contributed by atoms with E-state index in [1.165, 1.54) is 0 Å². The first-order valence-electron chi connectivity index (χ1n) is 9.03. The molecular formula is C20H22N2O3. The van der Waals surface area contributed by atoms with Gasteiger partial charge in [-0.1, -0.05) is 11.8 Å². The van der Waals surface area contributed by atoms with Crippen molar-refractivity contribution >= 4 is 17.2 Å². The third kappa shape index (κ3) is 3.33. The molecule has 0 aliphatic carbocycles. The number of H-pyrrole nitrogens is 1. The van der Waals surface area contributed by atoms with E-state index in [9.17, 15) is 4.79 Å². The number of hydrogen-bond donors (Lipinski definition) is 1. The molecular weight excluding hydrogens is 316 g/mol. The van der Waals surface area contributed by atoms with Gasteiger partial charge in [-0.15, -0.1) is 0 Å². The number of hydrogen-bond acceptors (Lipinski definition) is 4. The van der Waals surface area contributed by atoms with E-state index in [-0.39, 0.29) is 6.10 Å². The van der Waals surface area contributed by atoms with E-state index in [4.69, 9.17) is 9.47 Å². The lowest BCUT2D eigenvalue weighted by molar-refractivity contribution is 0.0157. The summed E-state index contributed by atoms with van der Waals surface area (Å²) in [7, 11) is 0. The highest BCUT2D eigenvalue weighted by Crippen LogP contribution is 2.36. The van der Waals surface area contributed by atoms with E-state index in [2.05, 4.69) is 22.0 Å². The van der Waals surface area contributed by atoms with E-state index < -0.39 is 0 Å². The predicted octanol–water partition coefficient (Wildman–Crippen LogP) is 3.40. The summed E-state index contributed by atoms with van der Waals surface area (Å²) in [5, 5.41) is 8.15. The van der Waals surface area contributed by atoms with Gasteiger partial charge in [0.05, 0.1) is 17.8 Å². The van der Waals surface area contributed by atoms with Crippen LogP contribution in [0.5, 0.6) is 0 Å². The number of aldehydes is 1. The van der Waals surface area contributed by atoms with Crippen molar-refractivity contribution in [1.82, 2.24) is 10.2 Å². The summed E-state index contributed by atoms with van der Waals surface area (Å²) in [6.45, 7) is 2.28. The number of aromatic amines is 1. The van der Waals surface area contributed by atoms with E-state index in [0.717, 1.165) is 80.2 Å². The second-order valence-corrected chi connectivity index (χ2v) is 6.71. The first-order valence-corrected chi connectivity index (χ1v) is 9.03. The average Bonchev–Trinajstić information content (AvgIpc) is 3.14. The number of aromatic nitrogens is 2.